The molecule has 0 amide bonds. The van der Waals surface area contributed by atoms with Crippen molar-refractivity contribution < 1.29 is 9.47 Å². The number of aromatic amines is 1. The Balaban J connectivity index is 1.57. The summed E-state index contributed by atoms with van der Waals surface area (Å²) in [6.07, 6.45) is 6.48. The quantitative estimate of drug-likeness (QED) is 0.499. The molecule has 9 heteroatoms. The van der Waals surface area contributed by atoms with Gasteiger partial charge in [0.15, 0.2) is 11.5 Å². The van der Waals surface area contributed by atoms with Crippen molar-refractivity contribution in [3.63, 3.8) is 0 Å². The van der Waals surface area contributed by atoms with E-state index in [4.69, 9.17) is 15.2 Å². The molecule has 1 saturated heterocycles. The first-order valence-electron chi connectivity index (χ1n) is 10.3. The minimum absolute atomic E-state index is 0.00555. The molecule has 1 unspecified atom stereocenters. The van der Waals surface area contributed by atoms with Crippen molar-refractivity contribution in [2.24, 2.45) is 0 Å². The Morgan fingerprint density at radius 2 is 2.29 bits per heavy atom. The SMILES string of the molecule is CCC[C@H](C)Oc1nc(N)c2[nH]c(=O)n(CCCNCCC3CCCO3)c2n1. The highest BCUT2D eigenvalue weighted by atomic mass is 16.5. The fourth-order valence-corrected chi connectivity index (χ4v) is 3.56. The average Bonchev–Trinajstić information content (AvgIpc) is 3.27. The van der Waals surface area contributed by atoms with Gasteiger partial charge in [-0.25, -0.2) is 4.79 Å². The molecular weight excluding hydrogens is 360 g/mol. The molecule has 2 aromatic rings. The van der Waals surface area contributed by atoms with Crippen molar-refractivity contribution in [1.29, 1.82) is 0 Å². The number of H-pyrrole nitrogens is 1. The molecule has 2 aromatic heterocycles. The van der Waals surface area contributed by atoms with E-state index < -0.39 is 0 Å². The Kier molecular flexibility index (Phi) is 7.27. The fourth-order valence-electron chi connectivity index (χ4n) is 3.56. The third-order valence-electron chi connectivity index (χ3n) is 5.03. The second-order valence-electron chi connectivity index (χ2n) is 7.42. The molecule has 0 aromatic carbocycles. The van der Waals surface area contributed by atoms with E-state index >= 15 is 0 Å². The van der Waals surface area contributed by atoms with Crippen LogP contribution in [0.3, 0.4) is 0 Å². The molecule has 0 spiro atoms. The summed E-state index contributed by atoms with van der Waals surface area (Å²) >= 11 is 0. The predicted molar refractivity (Wildman–Crippen MR) is 109 cm³/mol. The van der Waals surface area contributed by atoms with Gasteiger partial charge in [0.1, 0.15) is 5.52 Å². The van der Waals surface area contributed by atoms with Crippen LogP contribution in [-0.2, 0) is 11.3 Å². The van der Waals surface area contributed by atoms with Crippen LogP contribution >= 0.6 is 0 Å². The summed E-state index contributed by atoms with van der Waals surface area (Å²) in [5.41, 5.74) is 6.74. The van der Waals surface area contributed by atoms with E-state index in [1.165, 1.54) is 6.42 Å². The van der Waals surface area contributed by atoms with Crippen LogP contribution in [0.1, 0.15) is 52.4 Å². The van der Waals surface area contributed by atoms with E-state index in [1.54, 1.807) is 4.57 Å². The van der Waals surface area contributed by atoms with Crippen molar-refractivity contribution in [2.45, 2.75) is 71.1 Å². The third-order valence-corrected chi connectivity index (χ3v) is 5.03. The number of hydrogen-bond acceptors (Lipinski definition) is 7. The van der Waals surface area contributed by atoms with Gasteiger partial charge in [-0.1, -0.05) is 13.3 Å². The monoisotopic (exact) mass is 392 g/mol. The van der Waals surface area contributed by atoms with Crippen LogP contribution in [-0.4, -0.2) is 51.4 Å². The first kappa shape index (κ1) is 20.6. The van der Waals surface area contributed by atoms with Gasteiger partial charge in [0.25, 0.3) is 0 Å². The van der Waals surface area contributed by atoms with Crippen LogP contribution in [0.15, 0.2) is 4.79 Å². The van der Waals surface area contributed by atoms with Gasteiger partial charge in [-0.3, -0.25) is 4.57 Å². The van der Waals surface area contributed by atoms with Crippen LogP contribution in [0.4, 0.5) is 5.82 Å². The number of fused-ring (bicyclic) bond motifs is 1. The first-order chi connectivity index (χ1) is 13.6. The lowest BCUT2D eigenvalue weighted by Gasteiger charge is -2.12. The molecule has 1 aliphatic rings. The molecule has 0 radical (unpaired) electrons. The van der Waals surface area contributed by atoms with Crippen LogP contribution in [0.2, 0.25) is 0 Å². The molecular formula is C19H32N6O3. The molecule has 0 bridgehead atoms. The Morgan fingerprint density at radius 3 is 3.04 bits per heavy atom. The first-order valence-corrected chi connectivity index (χ1v) is 10.3. The van der Waals surface area contributed by atoms with Gasteiger partial charge >= 0.3 is 11.7 Å². The topological polar surface area (TPSA) is 120 Å². The maximum Gasteiger partial charge on any atom is 0.327 e. The number of imidazole rings is 1. The summed E-state index contributed by atoms with van der Waals surface area (Å²) in [6.45, 7) is 7.25. The number of rotatable bonds is 11. The number of anilines is 1. The highest BCUT2D eigenvalue weighted by molar-refractivity contribution is 5.81. The zero-order chi connectivity index (χ0) is 19.9. The van der Waals surface area contributed by atoms with Gasteiger partial charge < -0.3 is 25.5 Å². The minimum Gasteiger partial charge on any atom is -0.460 e. The second kappa shape index (κ2) is 9.88. The lowest BCUT2D eigenvalue weighted by molar-refractivity contribution is 0.104. The lowest BCUT2D eigenvalue weighted by atomic mass is 10.2. The number of nitrogens with one attached hydrogen (secondary N) is 2. The second-order valence-corrected chi connectivity index (χ2v) is 7.42. The Morgan fingerprint density at radius 1 is 1.43 bits per heavy atom. The van der Waals surface area contributed by atoms with Gasteiger partial charge in [-0.2, -0.15) is 9.97 Å². The molecule has 1 fully saturated rings. The van der Waals surface area contributed by atoms with Gasteiger partial charge in [-0.05, 0) is 52.1 Å². The van der Waals surface area contributed by atoms with Crippen LogP contribution < -0.4 is 21.5 Å². The lowest BCUT2D eigenvalue weighted by Crippen LogP contribution is -2.24. The summed E-state index contributed by atoms with van der Waals surface area (Å²) < 4.78 is 13.0. The van der Waals surface area contributed by atoms with Gasteiger partial charge in [0, 0.05) is 13.2 Å². The Labute approximate surface area is 165 Å². The van der Waals surface area contributed by atoms with E-state index in [2.05, 4.69) is 27.2 Å². The molecule has 2 atom stereocenters. The number of hydrogen-bond donors (Lipinski definition) is 3. The summed E-state index contributed by atoms with van der Waals surface area (Å²) in [7, 11) is 0. The van der Waals surface area contributed by atoms with E-state index in [9.17, 15) is 4.79 Å². The van der Waals surface area contributed by atoms with Crippen molar-refractivity contribution in [3.05, 3.63) is 10.5 Å². The van der Waals surface area contributed by atoms with Crippen molar-refractivity contribution in [2.75, 3.05) is 25.4 Å². The van der Waals surface area contributed by atoms with Gasteiger partial charge in [0.05, 0.1) is 12.2 Å². The maximum absolute atomic E-state index is 12.3. The highest BCUT2D eigenvalue weighted by Crippen LogP contribution is 2.19. The minimum atomic E-state index is -0.228. The fraction of sp³-hybridized carbons (Fsp3) is 0.737. The molecule has 0 saturated carbocycles. The number of nitrogens with zero attached hydrogens (tertiary/aromatic N) is 3. The van der Waals surface area contributed by atoms with Crippen molar-refractivity contribution in [1.82, 2.24) is 24.8 Å². The van der Waals surface area contributed by atoms with E-state index in [0.29, 0.717) is 23.8 Å². The number of aryl methyl sites for hydroxylation is 1. The number of nitrogen functional groups attached to an aromatic ring is 1. The highest BCUT2D eigenvalue weighted by Gasteiger charge is 2.16. The molecule has 28 heavy (non-hydrogen) atoms. The average molecular weight is 393 g/mol. The molecule has 3 rings (SSSR count). The smallest absolute Gasteiger partial charge is 0.327 e. The Bertz CT molecular complexity index is 812. The van der Waals surface area contributed by atoms with Crippen LogP contribution in [0.5, 0.6) is 6.01 Å². The molecule has 156 valence electrons. The molecule has 4 N–H and O–H groups in total. The Hall–Kier alpha value is -2.13. The zero-order valence-electron chi connectivity index (χ0n) is 16.9. The zero-order valence-corrected chi connectivity index (χ0v) is 16.9. The van der Waals surface area contributed by atoms with E-state index in [1.807, 2.05) is 6.92 Å². The number of nitrogens with two attached hydrogens (primary N) is 1. The summed E-state index contributed by atoms with van der Waals surface area (Å²) in [4.78, 5) is 23.7. The van der Waals surface area contributed by atoms with Gasteiger partial charge in [-0.15, -0.1) is 0 Å². The normalized spacial score (nSPS) is 18.0. The maximum atomic E-state index is 12.3. The molecule has 9 nitrogen and oxygen atoms in total. The summed E-state index contributed by atoms with van der Waals surface area (Å²) in [5, 5.41) is 3.42. The number of aromatic nitrogens is 4. The van der Waals surface area contributed by atoms with Gasteiger partial charge in [0.2, 0.25) is 0 Å². The molecule has 3 heterocycles. The van der Waals surface area contributed by atoms with Crippen molar-refractivity contribution in [3.8, 4) is 6.01 Å². The largest absolute Gasteiger partial charge is 0.460 e. The predicted octanol–water partition coefficient (Wildman–Crippen LogP) is 1.82. The van der Waals surface area contributed by atoms with Crippen molar-refractivity contribution >= 4 is 17.0 Å². The van der Waals surface area contributed by atoms with E-state index in [-0.39, 0.29) is 23.6 Å². The third kappa shape index (κ3) is 5.23. The van der Waals surface area contributed by atoms with E-state index in [0.717, 1.165) is 51.8 Å². The van der Waals surface area contributed by atoms with Crippen LogP contribution in [0, 0.1) is 0 Å². The standard InChI is InChI=1S/C19H32N6O3/c1-3-6-13(2)28-18-23-16(20)15-17(24-18)25(19(26)22-15)11-5-9-21-10-8-14-7-4-12-27-14/h13-14,21H,3-12H2,1-2H3,(H,22,26)(H2,20,23,24)/t13-,14?/m0/s1. The summed E-state index contributed by atoms with van der Waals surface area (Å²) in [5.74, 6) is 0.231. The summed E-state index contributed by atoms with van der Waals surface area (Å²) in [6, 6.07) is 0.216. The number of ether oxygens (including phenoxy) is 2. The van der Waals surface area contributed by atoms with Crippen LogP contribution in [0.25, 0.3) is 11.2 Å². The molecule has 0 aliphatic carbocycles. The molecule has 1 aliphatic heterocycles.